The Hall–Kier alpha value is -2.76. The van der Waals surface area contributed by atoms with Gasteiger partial charge in [0.15, 0.2) is 5.96 Å². The van der Waals surface area contributed by atoms with Crippen LogP contribution in [0.2, 0.25) is 0 Å². The molecule has 1 aromatic heterocycles. The summed E-state index contributed by atoms with van der Waals surface area (Å²) in [7, 11) is 3.41. The largest absolute Gasteiger partial charge is 0.481 e. The molecule has 0 amide bonds. The number of aliphatic imine (C=N–C) groups is 1. The van der Waals surface area contributed by atoms with Crippen molar-refractivity contribution in [2.75, 3.05) is 38.7 Å². The van der Waals surface area contributed by atoms with Crippen LogP contribution in [0.4, 0.5) is 5.69 Å². The van der Waals surface area contributed by atoms with Gasteiger partial charge >= 0.3 is 0 Å². The van der Waals surface area contributed by atoms with Crippen LogP contribution in [-0.4, -0.2) is 44.7 Å². The minimum atomic E-state index is 0.613. The standard InChI is InChI=1S/C20H29N5O/c1-4-25(18-11-6-5-7-12-18)15-9-14-23-20(21-2)24-16-17-10-8-13-22-19(17)26-3/h5-8,10-13H,4,9,14-16H2,1-3H3,(H2,21,23,24). The highest BCUT2D eigenvalue weighted by atomic mass is 16.5. The molecule has 26 heavy (non-hydrogen) atoms. The monoisotopic (exact) mass is 355 g/mol. The van der Waals surface area contributed by atoms with Crippen molar-refractivity contribution in [3.8, 4) is 5.88 Å². The van der Waals surface area contributed by atoms with Gasteiger partial charge in [0.25, 0.3) is 0 Å². The van der Waals surface area contributed by atoms with E-state index in [1.165, 1.54) is 5.69 Å². The molecule has 1 heterocycles. The van der Waals surface area contributed by atoms with Crippen molar-refractivity contribution in [3.05, 3.63) is 54.2 Å². The average molecular weight is 355 g/mol. The summed E-state index contributed by atoms with van der Waals surface area (Å²) in [6, 6.07) is 14.4. The fraction of sp³-hybridized carbons (Fsp3) is 0.400. The summed E-state index contributed by atoms with van der Waals surface area (Å²) in [4.78, 5) is 10.9. The maximum absolute atomic E-state index is 5.27. The smallest absolute Gasteiger partial charge is 0.218 e. The molecule has 0 aliphatic rings. The number of hydrogen-bond donors (Lipinski definition) is 2. The zero-order valence-electron chi connectivity index (χ0n) is 15.9. The Balaban J connectivity index is 1.75. The van der Waals surface area contributed by atoms with Gasteiger partial charge in [-0.2, -0.15) is 0 Å². The average Bonchev–Trinajstić information content (AvgIpc) is 2.71. The van der Waals surface area contributed by atoms with Crippen LogP contribution in [-0.2, 0) is 6.54 Å². The van der Waals surface area contributed by atoms with Gasteiger partial charge in [0, 0.05) is 50.7 Å². The number of rotatable bonds is 9. The van der Waals surface area contributed by atoms with Gasteiger partial charge in [-0.15, -0.1) is 0 Å². The van der Waals surface area contributed by atoms with Gasteiger partial charge < -0.3 is 20.3 Å². The summed E-state index contributed by atoms with van der Waals surface area (Å²) < 4.78 is 5.27. The van der Waals surface area contributed by atoms with E-state index in [-0.39, 0.29) is 0 Å². The molecule has 6 heteroatoms. The predicted octanol–water partition coefficient (Wildman–Crippen LogP) is 2.67. The molecule has 0 spiro atoms. The number of para-hydroxylation sites is 1. The van der Waals surface area contributed by atoms with Gasteiger partial charge in [-0.25, -0.2) is 4.98 Å². The first-order chi connectivity index (χ1) is 12.8. The molecular formula is C20H29N5O. The van der Waals surface area contributed by atoms with Crippen LogP contribution < -0.4 is 20.3 Å². The molecule has 0 aliphatic heterocycles. The van der Waals surface area contributed by atoms with Crippen LogP contribution in [0.1, 0.15) is 18.9 Å². The lowest BCUT2D eigenvalue weighted by atomic mass is 10.2. The van der Waals surface area contributed by atoms with Gasteiger partial charge in [0.1, 0.15) is 0 Å². The molecule has 6 nitrogen and oxygen atoms in total. The van der Waals surface area contributed by atoms with Crippen LogP contribution in [0, 0.1) is 0 Å². The fourth-order valence-electron chi connectivity index (χ4n) is 2.73. The maximum atomic E-state index is 5.27. The van der Waals surface area contributed by atoms with E-state index >= 15 is 0 Å². The van der Waals surface area contributed by atoms with E-state index in [4.69, 9.17) is 4.74 Å². The highest BCUT2D eigenvalue weighted by Crippen LogP contribution is 2.13. The number of anilines is 1. The number of methoxy groups -OCH3 is 1. The number of aromatic nitrogens is 1. The van der Waals surface area contributed by atoms with E-state index in [9.17, 15) is 0 Å². The van der Waals surface area contributed by atoms with E-state index in [1.54, 1.807) is 20.4 Å². The Morgan fingerprint density at radius 3 is 2.65 bits per heavy atom. The predicted molar refractivity (Wildman–Crippen MR) is 108 cm³/mol. The van der Waals surface area contributed by atoms with Crippen molar-refractivity contribution >= 4 is 11.6 Å². The molecule has 1 aromatic carbocycles. The summed E-state index contributed by atoms with van der Waals surface area (Å²) in [5, 5.41) is 6.66. The van der Waals surface area contributed by atoms with Crippen molar-refractivity contribution in [2.24, 2.45) is 4.99 Å². The second-order valence-electron chi connectivity index (χ2n) is 5.79. The molecule has 2 N–H and O–H groups in total. The number of hydrogen-bond acceptors (Lipinski definition) is 4. The Kier molecular flexibility index (Phi) is 8.26. The molecular weight excluding hydrogens is 326 g/mol. The molecule has 0 fully saturated rings. The topological polar surface area (TPSA) is 61.8 Å². The lowest BCUT2D eigenvalue weighted by Gasteiger charge is -2.23. The summed E-state index contributed by atoms with van der Waals surface area (Å²) >= 11 is 0. The molecule has 0 aliphatic carbocycles. The van der Waals surface area contributed by atoms with Crippen LogP contribution in [0.3, 0.4) is 0 Å². The third kappa shape index (κ3) is 5.95. The number of guanidine groups is 1. The number of pyridine rings is 1. The third-order valence-corrected chi connectivity index (χ3v) is 4.11. The summed E-state index contributed by atoms with van der Waals surface area (Å²) in [6.45, 7) is 5.65. The van der Waals surface area contributed by atoms with E-state index in [0.29, 0.717) is 12.4 Å². The van der Waals surface area contributed by atoms with Crippen LogP contribution in [0.5, 0.6) is 5.88 Å². The SMILES string of the molecule is CCN(CCCNC(=NC)NCc1cccnc1OC)c1ccccc1. The molecule has 0 saturated carbocycles. The van der Waals surface area contributed by atoms with Crippen LogP contribution in [0.25, 0.3) is 0 Å². The van der Waals surface area contributed by atoms with Gasteiger partial charge in [0.05, 0.1) is 7.11 Å². The first kappa shape index (κ1) is 19.6. The van der Waals surface area contributed by atoms with E-state index in [2.05, 4.69) is 56.7 Å². The number of nitrogens with one attached hydrogen (secondary N) is 2. The van der Waals surface area contributed by atoms with Gasteiger partial charge in [-0.1, -0.05) is 24.3 Å². The Morgan fingerprint density at radius 2 is 1.96 bits per heavy atom. The Bertz CT molecular complexity index is 675. The van der Waals surface area contributed by atoms with Crippen LogP contribution >= 0.6 is 0 Å². The normalized spacial score (nSPS) is 11.1. The first-order valence-corrected chi connectivity index (χ1v) is 9.00. The molecule has 0 atom stereocenters. The van der Waals surface area contributed by atoms with Gasteiger partial charge in [-0.05, 0) is 31.5 Å². The molecule has 140 valence electrons. The highest BCUT2D eigenvalue weighted by molar-refractivity contribution is 5.79. The highest BCUT2D eigenvalue weighted by Gasteiger charge is 2.06. The number of ether oxygens (including phenoxy) is 1. The zero-order chi connectivity index (χ0) is 18.6. The molecule has 0 unspecified atom stereocenters. The lowest BCUT2D eigenvalue weighted by molar-refractivity contribution is 0.392. The Morgan fingerprint density at radius 1 is 1.15 bits per heavy atom. The summed E-state index contributed by atoms with van der Waals surface area (Å²) in [5.74, 6) is 1.41. The van der Waals surface area contributed by atoms with Crippen molar-refractivity contribution < 1.29 is 4.74 Å². The van der Waals surface area contributed by atoms with E-state index in [1.807, 2.05) is 18.2 Å². The van der Waals surface area contributed by atoms with Gasteiger partial charge in [-0.3, -0.25) is 4.99 Å². The minimum absolute atomic E-state index is 0.613. The molecule has 0 bridgehead atoms. The summed E-state index contributed by atoms with van der Waals surface area (Å²) in [6.07, 6.45) is 2.75. The molecule has 2 rings (SSSR count). The molecule has 2 aromatic rings. The maximum Gasteiger partial charge on any atom is 0.218 e. The quantitative estimate of drug-likeness (QED) is 0.411. The fourth-order valence-corrected chi connectivity index (χ4v) is 2.73. The Labute approximate surface area is 156 Å². The number of benzene rings is 1. The van der Waals surface area contributed by atoms with Crippen molar-refractivity contribution in [3.63, 3.8) is 0 Å². The first-order valence-electron chi connectivity index (χ1n) is 9.00. The van der Waals surface area contributed by atoms with Crippen molar-refractivity contribution in [1.82, 2.24) is 15.6 Å². The molecule has 0 radical (unpaired) electrons. The molecule has 0 saturated heterocycles. The zero-order valence-corrected chi connectivity index (χ0v) is 15.9. The van der Waals surface area contributed by atoms with Crippen molar-refractivity contribution in [2.45, 2.75) is 19.9 Å². The minimum Gasteiger partial charge on any atom is -0.481 e. The number of nitrogens with zero attached hydrogens (tertiary/aromatic N) is 3. The lowest BCUT2D eigenvalue weighted by Crippen LogP contribution is -2.38. The van der Waals surface area contributed by atoms with E-state index < -0.39 is 0 Å². The van der Waals surface area contributed by atoms with Crippen molar-refractivity contribution in [1.29, 1.82) is 0 Å². The van der Waals surface area contributed by atoms with Gasteiger partial charge in [0.2, 0.25) is 5.88 Å². The summed E-state index contributed by atoms with van der Waals surface area (Å²) in [5.41, 5.74) is 2.26. The van der Waals surface area contributed by atoms with Crippen LogP contribution in [0.15, 0.2) is 53.7 Å². The second kappa shape index (κ2) is 11.0. The second-order valence-corrected chi connectivity index (χ2v) is 5.79. The van der Waals surface area contributed by atoms with E-state index in [0.717, 1.165) is 37.6 Å². The third-order valence-electron chi connectivity index (χ3n) is 4.11.